The van der Waals surface area contributed by atoms with E-state index in [4.69, 9.17) is 9.68 Å². The Morgan fingerprint density at radius 3 is 2.89 bits per heavy atom. The molecule has 0 spiro atoms. The number of nitrogens with zero attached hydrogens (tertiary/aromatic N) is 1. The Balaban J connectivity index is 1.66. The molecule has 1 aromatic heterocycles. The lowest BCUT2D eigenvalue weighted by Gasteiger charge is -2.22. The molecule has 19 heavy (non-hydrogen) atoms. The van der Waals surface area contributed by atoms with E-state index in [0.29, 0.717) is 11.6 Å². The van der Waals surface area contributed by atoms with E-state index in [-0.39, 0.29) is 0 Å². The Morgan fingerprint density at radius 1 is 1.26 bits per heavy atom. The van der Waals surface area contributed by atoms with Gasteiger partial charge in [0.1, 0.15) is 5.76 Å². The smallest absolute Gasteiger partial charge is 0.108 e. The molecule has 1 atom stereocenters. The molecule has 0 amide bonds. The van der Waals surface area contributed by atoms with Crippen molar-refractivity contribution >= 4 is 0 Å². The van der Waals surface area contributed by atoms with Crippen LogP contribution in [0.3, 0.4) is 0 Å². The number of nitrogens with one attached hydrogen (secondary N) is 1. The molecule has 0 bridgehead atoms. The van der Waals surface area contributed by atoms with Gasteiger partial charge in [-0.05, 0) is 36.6 Å². The molecule has 0 saturated carbocycles. The molecule has 1 aliphatic carbocycles. The molecule has 1 aliphatic rings. The van der Waals surface area contributed by atoms with Crippen LogP contribution in [0.15, 0.2) is 41.0 Å². The van der Waals surface area contributed by atoms with Crippen molar-refractivity contribution in [3.63, 3.8) is 0 Å². The highest BCUT2D eigenvalue weighted by Gasteiger charge is 2.21. The maximum absolute atomic E-state index is 8.77. The van der Waals surface area contributed by atoms with E-state index in [2.05, 4.69) is 17.5 Å². The number of furan rings is 1. The third-order valence-electron chi connectivity index (χ3n) is 3.69. The minimum Gasteiger partial charge on any atom is -0.469 e. The van der Waals surface area contributed by atoms with Gasteiger partial charge in [0.2, 0.25) is 0 Å². The molecule has 0 fully saturated rings. The van der Waals surface area contributed by atoms with Crippen LogP contribution in [0.25, 0.3) is 0 Å². The number of rotatable bonds is 3. The van der Waals surface area contributed by atoms with Crippen LogP contribution in [0.4, 0.5) is 0 Å². The molecular formula is C16H16N2O. The van der Waals surface area contributed by atoms with Crippen LogP contribution in [-0.4, -0.2) is 0 Å². The molecule has 3 nitrogen and oxygen atoms in total. The summed E-state index contributed by atoms with van der Waals surface area (Å²) in [6.07, 6.45) is 5.16. The third kappa shape index (κ3) is 2.54. The zero-order valence-electron chi connectivity index (χ0n) is 10.7. The molecule has 0 saturated heterocycles. The topological polar surface area (TPSA) is 49.0 Å². The quantitative estimate of drug-likeness (QED) is 0.911. The fraction of sp³-hybridized carbons (Fsp3) is 0.312. The Hall–Kier alpha value is -2.05. The summed E-state index contributed by atoms with van der Waals surface area (Å²) in [6.45, 7) is 0.820. The lowest BCUT2D eigenvalue weighted by Crippen LogP contribution is -2.23. The second kappa shape index (κ2) is 5.29. The highest BCUT2D eigenvalue weighted by molar-refractivity contribution is 5.31. The zero-order chi connectivity index (χ0) is 13.1. The maximum Gasteiger partial charge on any atom is 0.108 e. The molecule has 1 heterocycles. The molecule has 3 rings (SSSR count). The van der Waals surface area contributed by atoms with Crippen LogP contribution in [0.2, 0.25) is 0 Å². The van der Waals surface area contributed by atoms with E-state index in [1.807, 2.05) is 24.3 Å². The van der Waals surface area contributed by atoms with Crippen molar-refractivity contribution in [1.29, 1.82) is 5.26 Å². The SMILES string of the molecule is N#Cc1ccc(CNC2CCCc3occc32)cc1. The van der Waals surface area contributed by atoms with Gasteiger partial charge in [-0.1, -0.05) is 12.1 Å². The van der Waals surface area contributed by atoms with Crippen molar-refractivity contribution in [2.75, 3.05) is 0 Å². The second-order valence-corrected chi connectivity index (χ2v) is 4.93. The number of fused-ring (bicyclic) bond motifs is 1. The first-order valence-electron chi connectivity index (χ1n) is 6.65. The molecule has 96 valence electrons. The van der Waals surface area contributed by atoms with Gasteiger partial charge in [0.05, 0.1) is 17.9 Å². The fourth-order valence-electron chi connectivity index (χ4n) is 2.64. The van der Waals surface area contributed by atoms with Crippen molar-refractivity contribution in [2.24, 2.45) is 0 Å². The predicted octanol–water partition coefficient (Wildman–Crippen LogP) is 3.32. The molecule has 3 heteroatoms. The minimum absolute atomic E-state index is 0.387. The standard InChI is InChI=1S/C16H16N2O/c17-10-12-4-6-13(7-5-12)11-18-15-2-1-3-16-14(15)8-9-19-16/h4-9,15,18H,1-3,11H2. The van der Waals surface area contributed by atoms with Crippen LogP contribution in [0.5, 0.6) is 0 Å². The van der Waals surface area contributed by atoms with E-state index in [0.717, 1.165) is 25.1 Å². The summed E-state index contributed by atoms with van der Waals surface area (Å²) in [5, 5.41) is 12.3. The summed E-state index contributed by atoms with van der Waals surface area (Å²) in [5.41, 5.74) is 3.22. The summed E-state index contributed by atoms with van der Waals surface area (Å²) in [4.78, 5) is 0. The number of hydrogen-bond donors (Lipinski definition) is 1. The van der Waals surface area contributed by atoms with E-state index in [9.17, 15) is 0 Å². The number of aryl methyl sites for hydroxylation is 1. The molecular weight excluding hydrogens is 236 g/mol. The summed E-state index contributed by atoms with van der Waals surface area (Å²) < 4.78 is 5.49. The van der Waals surface area contributed by atoms with Gasteiger partial charge >= 0.3 is 0 Å². The van der Waals surface area contributed by atoms with Gasteiger partial charge in [0.25, 0.3) is 0 Å². The van der Waals surface area contributed by atoms with Crippen molar-refractivity contribution in [3.05, 3.63) is 59.0 Å². The second-order valence-electron chi connectivity index (χ2n) is 4.93. The van der Waals surface area contributed by atoms with E-state index in [1.165, 1.54) is 17.5 Å². The van der Waals surface area contributed by atoms with Crippen molar-refractivity contribution in [2.45, 2.75) is 31.8 Å². The summed E-state index contributed by atoms with van der Waals surface area (Å²) in [5.74, 6) is 1.13. The minimum atomic E-state index is 0.387. The first-order chi connectivity index (χ1) is 9.36. The first-order valence-corrected chi connectivity index (χ1v) is 6.65. The molecule has 1 aromatic carbocycles. The van der Waals surface area contributed by atoms with Gasteiger partial charge in [-0.2, -0.15) is 5.26 Å². The average Bonchev–Trinajstić information content (AvgIpc) is 2.94. The van der Waals surface area contributed by atoms with Crippen LogP contribution >= 0.6 is 0 Å². The monoisotopic (exact) mass is 252 g/mol. The average molecular weight is 252 g/mol. The lowest BCUT2D eigenvalue weighted by atomic mass is 9.93. The molecule has 1 unspecified atom stereocenters. The summed E-state index contributed by atoms with van der Waals surface area (Å²) in [7, 11) is 0. The third-order valence-corrected chi connectivity index (χ3v) is 3.69. The highest BCUT2D eigenvalue weighted by atomic mass is 16.3. The normalized spacial score (nSPS) is 17.7. The fourth-order valence-corrected chi connectivity index (χ4v) is 2.64. The van der Waals surface area contributed by atoms with Crippen molar-refractivity contribution < 1.29 is 4.42 Å². The van der Waals surface area contributed by atoms with Crippen molar-refractivity contribution in [3.8, 4) is 6.07 Å². The van der Waals surface area contributed by atoms with Crippen LogP contribution < -0.4 is 5.32 Å². The van der Waals surface area contributed by atoms with E-state index in [1.54, 1.807) is 6.26 Å². The lowest BCUT2D eigenvalue weighted by molar-refractivity contribution is 0.411. The van der Waals surface area contributed by atoms with Gasteiger partial charge in [-0.25, -0.2) is 0 Å². The Kier molecular flexibility index (Phi) is 3.35. The number of hydrogen-bond acceptors (Lipinski definition) is 3. The number of benzene rings is 1. The van der Waals surface area contributed by atoms with Gasteiger partial charge in [0, 0.05) is 24.6 Å². The first kappa shape index (κ1) is 12.0. The van der Waals surface area contributed by atoms with E-state index >= 15 is 0 Å². The van der Waals surface area contributed by atoms with Gasteiger partial charge in [-0.3, -0.25) is 0 Å². The Bertz CT molecular complexity index is 592. The Morgan fingerprint density at radius 2 is 2.11 bits per heavy atom. The van der Waals surface area contributed by atoms with Crippen molar-refractivity contribution in [1.82, 2.24) is 5.32 Å². The van der Waals surface area contributed by atoms with E-state index < -0.39 is 0 Å². The van der Waals surface area contributed by atoms with Gasteiger partial charge in [0.15, 0.2) is 0 Å². The molecule has 0 aliphatic heterocycles. The molecule has 0 radical (unpaired) electrons. The summed E-state index contributed by atoms with van der Waals surface area (Å²) >= 11 is 0. The van der Waals surface area contributed by atoms with Crippen LogP contribution in [-0.2, 0) is 13.0 Å². The zero-order valence-corrected chi connectivity index (χ0v) is 10.7. The molecule has 1 N–H and O–H groups in total. The Labute approximate surface area is 112 Å². The summed E-state index contributed by atoms with van der Waals surface area (Å²) in [6, 6.07) is 12.3. The molecule has 2 aromatic rings. The largest absolute Gasteiger partial charge is 0.469 e. The van der Waals surface area contributed by atoms with Gasteiger partial charge in [-0.15, -0.1) is 0 Å². The highest BCUT2D eigenvalue weighted by Crippen LogP contribution is 2.30. The number of nitriles is 1. The van der Waals surface area contributed by atoms with Crippen LogP contribution in [0, 0.1) is 11.3 Å². The van der Waals surface area contributed by atoms with Crippen LogP contribution in [0.1, 0.15) is 41.3 Å². The predicted molar refractivity (Wildman–Crippen MR) is 72.4 cm³/mol. The maximum atomic E-state index is 8.77. The van der Waals surface area contributed by atoms with Gasteiger partial charge < -0.3 is 9.73 Å².